The summed E-state index contributed by atoms with van der Waals surface area (Å²) in [6.07, 6.45) is 1.97. The number of nitrogens with zero attached hydrogens (tertiary/aromatic N) is 3. The van der Waals surface area contributed by atoms with Crippen molar-refractivity contribution in [2.45, 2.75) is 31.3 Å². The molecule has 1 N–H and O–H groups in total. The molecule has 0 spiro atoms. The van der Waals surface area contributed by atoms with Crippen molar-refractivity contribution in [3.63, 3.8) is 0 Å². The highest BCUT2D eigenvalue weighted by molar-refractivity contribution is 7.98. The number of rotatable bonds is 1. The van der Waals surface area contributed by atoms with Gasteiger partial charge >= 0.3 is 0 Å². The minimum absolute atomic E-state index is 0.113. The zero-order valence-electron chi connectivity index (χ0n) is 8.83. The summed E-state index contributed by atoms with van der Waals surface area (Å²) >= 11 is 1.55. The monoisotopic (exact) mass is 210 g/mol. The third-order valence-corrected chi connectivity index (χ3v) is 2.64. The highest BCUT2D eigenvalue weighted by atomic mass is 32.2. The van der Waals surface area contributed by atoms with E-state index >= 15 is 0 Å². The first kappa shape index (κ1) is 9.58. The van der Waals surface area contributed by atoms with Gasteiger partial charge in [-0.25, -0.2) is 0 Å². The zero-order chi connectivity index (χ0) is 10.3. The molecule has 0 aliphatic rings. The van der Waals surface area contributed by atoms with E-state index < -0.39 is 0 Å². The van der Waals surface area contributed by atoms with Gasteiger partial charge in [0.2, 0.25) is 5.16 Å². The number of H-pyrrole nitrogens is 1. The topological polar surface area (TPSA) is 46.0 Å². The Labute approximate surface area is 87.1 Å². The van der Waals surface area contributed by atoms with Crippen molar-refractivity contribution >= 4 is 17.4 Å². The third kappa shape index (κ3) is 1.52. The lowest BCUT2D eigenvalue weighted by atomic mass is 9.93. The van der Waals surface area contributed by atoms with E-state index in [2.05, 4.69) is 36.0 Å². The van der Waals surface area contributed by atoms with Gasteiger partial charge in [0.15, 0.2) is 5.65 Å². The molecule has 0 amide bonds. The maximum Gasteiger partial charge on any atom is 0.210 e. The standard InChI is InChI=1S/C9H14N4S/c1-9(2,3)6-5-7-10-8(14-4)12-13(7)11-6/h5,11H,1-4H3. The second-order valence-electron chi connectivity index (χ2n) is 4.29. The van der Waals surface area contributed by atoms with Crippen LogP contribution in [0, 0.1) is 0 Å². The molecule has 0 aliphatic heterocycles. The van der Waals surface area contributed by atoms with Gasteiger partial charge in [-0.15, -0.1) is 5.10 Å². The first-order valence-electron chi connectivity index (χ1n) is 4.51. The van der Waals surface area contributed by atoms with E-state index in [-0.39, 0.29) is 5.41 Å². The Morgan fingerprint density at radius 2 is 2.14 bits per heavy atom. The summed E-state index contributed by atoms with van der Waals surface area (Å²) < 4.78 is 1.73. The van der Waals surface area contributed by atoms with E-state index in [4.69, 9.17) is 0 Å². The molecule has 0 aromatic carbocycles. The first-order valence-corrected chi connectivity index (χ1v) is 5.73. The van der Waals surface area contributed by atoms with Crippen molar-refractivity contribution in [3.8, 4) is 0 Å². The van der Waals surface area contributed by atoms with Gasteiger partial charge in [-0.3, -0.25) is 5.10 Å². The fourth-order valence-corrected chi connectivity index (χ4v) is 1.57. The average molecular weight is 210 g/mol. The van der Waals surface area contributed by atoms with Gasteiger partial charge in [0.1, 0.15) is 0 Å². The van der Waals surface area contributed by atoms with Gasteiger partial charge < -0.3 is 0 Å². The lowest BCUT2D eigenvalue weighted by Gasteiger charge is -2.14. The maximum absolute atomic E-state index is 4.35. The molecule has 0 unspecified atom stereocenters. The highest BCUT2D eigenvalue weighted by Gasteiger charge is 2.17. The van der Waals surface area contributed by atoms with Crippen LogP contribution >= 0.6 is 11.8 Å². The molecular weight excluding hydrogens is 196 g/mol. The van der Waals surface area contributed by atoms with Crippen LogP contribution in [-0.4, -0.2) is 26.1 Å². The summed E-state index contributed by atoms with van der Waals surface area (Å²) in [5.74, 6) is 0. The lowest BCUT2D eigenvalue weighted by Crippen LogP contribution is -2.12. The molecular formula is C9H14N4S. The molecule has 0 radical (unpaired) electrons. The molecule has 4 nitrogen and oxygen atoms in total. The molecule has 2 aromatic heterocycles. The largest absolute Gasteiger partial charge is 0.280 e. The highest BCUT2D eigenvalue weighted by Crippen LogP contribution is 2.22. The molecule has 5 heteroatoms. The maximum atomic E-state index is 4.35. The van der Waals surface area contributed by atoms with Crippen LogP contribution in [0.5, 0.6) is 0 Å². The van der Waals surface area contributed by atoms with E-state index in [1.54, 1.807) is 16.4 Å². The Balaban J connectivity index is 2.49. The zero-order valence-corrected chi connectivity index (χ0v) is 9.64. The van der Waals surface area contributed by atoms with Gasteiger partial charge in [0.25, 0.3) is 0 Å². The number of fused-ring (bicyclic) bond motifs is 1. The Morgan fingerprint density at radius 1 is 1.43 bits per heavy atom. The molecule has 2 heterocycles. The summed E-state index contributed by atoms with van der Waals surface area (Å²) in [6.45, 7) is 6.48. The molecule has 0 saturated heterocycles. The van der Waals surface area contributed by atoms with Crippen LogP contribution in [0.1, 0.15) is 26.5 Å². The molecule has 0 bridgehead atoms. The van der Waals surface area contributed by atoms with Crippen LogP contribution < -0.4 is 0 Å². The molecule has 2 rings (SSSR count). The van der Waals surface area contributed by atoms with Gasteiger partial charge in [-0.1, -0.05) is 32.5 Å². The molecule has 0 fully saturated rings. The van der Waals surface area contributed by atoms with Crippen LogP contribution in [0.2, 0.25) is 0 Å². The molecule has 2 aromatic rings. The number of aromatic nitrogens is 4. The Bertz CT molecular complexity index is 417. The van der Waals surface area contributed by atoms with E-state index in [1.807, 2.05) is 12.3 Å². The number of aromatic amines is 1. The van der Waals surface area contributed by atoms with Gasteiger partial charge in [0, 0.05) is 17.2 Å². The van der Waals surface area contributed by atoms with Crippen molar-refractivity contribution in [3.05, 3.63) is 11.8 Å². The van der Waals surface area contributed by atoms with Crippen LogP contribution in [-0.2, 0) is 5.41 Å². The van der Waals surface area contributed by atoms with Crippen molar-refractivity contribution in [2.75, 3.05) is 6.26 Å². The molecule has 0 aliphatic carbocycles. The fraction of sp³-hybridized carbons (Fsp3) is 0.556. The van der Waals surface area contributed by atoms with E-state index in [0.29, 0.717) is 0 Å². The van der Waals surface area contributed by atoms with Gasteiger partial charge in [-0.05, 0) is 6.26 Å². The average Bonchev–Trinajstić information content (AvgIpc) is 2.56. The summed E-state index contributed by atoms with van der Waals surface area (Å²) in [4.78, 5) is 4.35. The smallest absolute Gasteiger partial charge is 0.210 e. The number of hydrogen-bond acceptors (Lipinski definition) is 3. The van der Waals surface area contributed by atoms with E-state index in [9.17, 15) is 0 Å². The van der Waals surface area contributed by atoms with Crippen molar-refractivity contribution < 1.29 is 0 Å². The predicted octanol–water partition coefficient (Wildman–Crippen LogP) is 2.08. The van der Waals surface area contributed by atoms with Crippen molar-refractivity contribution in [1.82, 2.24) is 19.8 Å². The second-order valence-corrected chi connectivity index (χ2v) is 5.06. The molecule has 76 valence electrons. The predicted molar refractivity (Wildman–Crippen MR) is 57.8 cm³/mol. The Kier molecular flexibility index (Phi) is 2.06. The molecule has 0 atom stereocenters. The van der Waals surface area contributed by atoms with Crippen molar-refractivity contribution in [2.24, 2.45) is 0 Å². The van der Waals surface area contributed by atoms with Gasteiger partial charge in [-0.2, -0.15) is 9.61 Å². The Hall–Kier alpha value is -0.970. The first-order chi connectivity index (χ1) is 6.50. The van der Waals surface area contributed by atoms with Crippen LogP contribution in [0.4, 0.5) is 0 Å². The van der Waals surface area contributed by atoms with Crippen LogP contribution in [0.25, 0.3) is 5.65 Å². The summed E-state index contributed by atoms with van der Waals surface area (Å²) in [6, 6.07) is 2.05. The Morgan fingerprint density at radius 3 is 2.64 bits per heavy atom. The number of thioether (sulfide) groups is 1. The normalized spacial score (nSPS) is 12.6. The summed E-state index contributed by atoms with van der Waals surface area (Å²) in [5.41, 5.74) is 2.15. The molecule has 14 heavy (non-hydrogen) atoms. The summed E-state index contributed by atoms with van der Waals surface area (Å²) in [5, 5.41) is 8.30. The van der Waals surface area contributed by atoms with E-state index in [1.165, 1.54) is 0 Å². The number of nitrogens with one attached hydrogen (secondary N) is 1. The SMILES string of the molecule is CSc1nc2cc(C(C)(C)C)[nH]n2n1. The van der Waals surface area contributed by atoms with E-state index in [0.717, 1.165) is 16.5 Å². The second kappa shape index (κ2) is 3.02. The quantitative estimate of drug-likeness (QED) is 0.733. The minimum Gasteiger partial charge on any atom is -0.280 e. The fourth-order valence-electron chi connectivity index (χ4n) is 1.23. The third-order valence-electron chi connectivity index (χ3n) is 2.10. The number of hydrogen-bond donors (Lipinski definition) is 1. The van der Waals surface area contributed by atoms with Gasteiger partial charge in [0.05, 0.1) is 0 Å². The minimum atomic E-state index is 0.113. The van der Waals surface area contributed by atoms with Crippen LogP contribution in [0.15, 0.2) is 11.2 Å². The van der Waals surface area contributed by atoms with Crippen molar-refractivity contribution in [1.29, 1.82) is 0 Å². The lowest BCUT2D eigenvalue weighted by molar-refractivity contribution is 0.555. The molecule has 0 saturated carbocycles. The van der Waals surface area contributed by atoms with Crippen LogP contribution in [0.3, 0.4) is 0 Å². The summed E-state index contributed by atoms with van der Waals surface area (Å²) in [7, 11) is 0.